The van der Waals surface area contributed by atoms with Crippen molar-refractivity contribution in [3.63, 3.8) is 0 Å². The molecule has 0 heterocycles. The van der Waals surface area contributed by atoms with Gasteiger partial charge in [0.2, 0.25) is 0 Å². The van der Waals surface area contributed by atoms with Gasteiger partial charge >= 0.3 is 0 Å². The van der Waals surface area contributed by atoms with Gasteiger partial charge in [-0.3, -0.25) is 0 Å². The van der Waals surface area contributed by atoms with Crippen LogP contribution in [-0.2, 0) is 9.47 Å². The zero-order chi connectivity index (χ0) is 12.8. The highest BCUT2D eigenvalue weighted by atomic mass is 16.7. The molecular weight excluding hydrogens is 212 g/mol. The highest BCUT2D eigenvalue weighted by molar-refractivity contribution is 4.85. The molecule has 0 radical (unpaired) electrons. The highest BCUT2D eigenvalue weighted by Gasteiger charge is 2.00. The van der Waals surface area contributed by atoms with E-state index in [-0.39, 0.29) is 6.29 Å². The molecule has 2 nitrogen and oxygen atoms in total. The Morgan fingerprint density at radius 3 is 2.00 bits per heavy atom. The molecule has 0 aliphatic heterocycles. The Morgan fingerprint density at radius 1 is 0.824 bits per heavy atom. The van der Waals surface area contributed by atoms with Crippen molar-refractivity contribution in [1.82, 2.24) is 0 Å². The van der Waals surface area contributed by atoms with Gasteiger partial charge in [0.15, 0.2) is 6.29 Å². The second-order valence-electron chi connectivity index (χ2n) is 4.26. The van der Waals surface area contributed by atoms with Gasteiger partial charge in [-0.25, -0.2) is 0 Å². The minimum absolute atomic E-state index is 0.148. The first-order chi connectivity index (χ1) is 8.35. The van der Waals surface area contributed by atoms with Gasteiger partial charge in [-0.1, -0.05) is 45.1 Å². The summed E-state index contributed by atoms with van der Waals surface area (Å²) in [6.45, 7) is 7.64. The number of rotatable bonds is 12. The van der Waals surface area contributed by atoms with E-state index in [1.807, 2.05) is 19.9 Å². The lowest BCUT2D eigenvalue weighted by atomic mass is 10.1. The van der Waals surface area contributed by atoms with Crippen LogP contribution in [0.5, 0.6) is 0 Å². The molecule has 0 rings (SSSR count). The minimum Gasteiger partial charge on any atom is -0.349 e. The van der Waals surface area contributed by atoms with Gasteiger partial charge in [-0.15, -0.1) is 0 Å². The molecule has 102 valence electrons. The van der Waals surface area contributed by atoms with Crippen molar-refractivity contribution < 1.29 is 9.47 Å². The summed E-state index contributed by atoms with van der Waals surface area (Å²) in [6, 6.07) is 0. The van der Waals surface area contributed by atoms with Gasteiger partial charge in [-0.05, 0) is 32.8 Å². The maximum absolute atomic E-state index is 5.43. The summed E-state index contributed by atoms with van der Waals surface area (Å²) in [4.78, 5) is 0. The number of hydrogen-bond donors (Lipinski definition) is 0. The third-order valence-electron chi connectivity index (χ3n) is 2.68. The number of allylic oxidation sites excluding steroid dienone is 1. The van der Waals surface area contributed by atoms with E-state index in [2.05, 4.69) is 13.0 Å². The van der Waals surface area contributed by atoms with Gasteiger partial charge < -0.3 is 9.47 Å². The highest BCUT2D eigenvalue weighted by Crippen LogP contribution is 2.08. The van der Waals surface area contributed by atoms with Gasteiger partial charge in [0.05, 0.1) is 0 Å². The number of hydrogen-bond acceptors (Lipinski definition) is 2. The Balaban J connectivity index is 3.42. The summed E-state index contributed by atoms with van der Waals surface area (Å²) in [5.41, 5.74) is 0. The van der Waals surface area contributed by atoms with Crippen LogP contribution in [0.3, 0.4) is 0 Å². The average Bonchev–Trinajstić information content (AvgIpc) is 2.33. The molecule has 0 amide bonds. The summed E-state index contributed by atoms with van der Waals surface area (Å²) in [5, 5.41) is 0. The van der Waals surface area contributed by atoms with E-state index < -0.39 is 0 Å². The Hall–Kier alpha value is -0.340. The quantitative estimate of drug-likeness (QED) is 0.281. The Labute approximate surface area is 107 Å². The maximum Gasteiger partial charge on any atom is 0.176 e. The fraction of sp³-hybridized carbons (Fsp3) is 0.867. The monoisotopic (exact) mass is 242 g/mol. The summed E-state index contributed by atoms with van der Waals surface area (Å²) in [7, 11) is 0. The molecule has 0 fully saturated rings. The van der Waals surface area contributed by atoms with E-state index in [0.717, 1.165) is 6.42 Å². The molecule has 0 atom stereocenters. The van der Waals surface area contributed by atoms with Crippen LogP contribution in [-0.4, -0.2) is 19.5 Å². The Bertz CT molecular complexity index is 160. The van der Waals surface area contributed by atoms with Crippen LogP contribution in [0.1, 0.15) is 65.7 Å². The van der Waals surface area contributed by atoms with Crippen molar-refractivity contribution in [2.45, 2.75) is 72.0 Å². The molecule has 17 heavy (non-hydrogen) atoms. The smallest absolute Gasteiger partial charge is 0.176 e. The van der Waals surface area contributed by atoms with Crippen LogP contribution in [0, 0.1) is 0 Å². The first-order valence-electron chi connectivity index (χ1n) is 7.24. The standard InChI is InChI=1S/C15H30O2/c1-4-7-8-9-10-11-12-13-14-15(16-5-2)17-6-3/h13-15H,4-12H2,1-3H3/b14-13-. The molecule has 0 bridgehead atoms. The molecule has 0 unspecified atom stereocenters. The second kappa shape index (κ2) is 13.7. The lowest BCUT2D eigenvalue weighted by Gasteiger charge is -2.12. The zero-order valence-corrected chi connectivity index (χ0v) is 11.9. The molecule has 0 aliphatic rings. The molecule has 0 saturated carbocycles. The Kier molecular flexibility index (Phi) is 13.4. The number of unbranched alkanes of at least 4 members (excludes halogenated alkanes) is 6. The molecule has 0 aliphatic carbocycles. The van der Waals surface area contributed by atoms with Crippen LogP contribution in [0.25, 0.3) is 0 Å². The van der Waals surface area contributed by atoms with Crippen molar-refractivity contribution in [3.8, 4) is 0 Å². The Morgan fingerprint density at radius 2 is 1.41 bits per heavy atom. The number of ether oxygens (including phenoxy) is 2. The first-order valence-corrected chi connectivity index (χ1v) is 7.24. The van der Waals surface area contributed by atoms with Gasteiger partial charge in [0.1, 0.15) is 0 Å². The van der Waals surface area contributed by atoms with E-state index in [1.165, 1.54) is 38.5 Å². The lowest BCUT2D eigenvalue weighted by molar-refractivity contribution is -0.104. The normalized spacial score (nSPS) is 11.8. The van der Waals surface area contributed by atoms with Crippen LogP contribution in [0.2, 0.25) is 0 Å². The van der Waals surface area contributed by atoms with E-state index in [9.17, 15) is 0 Å². The summed E-state index contributed by atoms with van der Waals surface area (Å²) >= 11 is 0. The first kappa shape index (κ1) is 16.7. The molecular formula is C15H30O2. The molecule has 0 saturated heterocycles. The molecule has 0 spiro atoms. The molecule has 2 heteroatoms. The van der Waals surface area contributed by atoms with E-state index in [0.29, 0.717) is 13.2 Å². The van der Waals surface area contributed by atoms with Crippen molar-refractivity contribution in [1.29, 1.82) is 0 Å². The fourth-order valence-electron chi connectivity index (χ4n) is 1.74. The molecule has 0 aromatic heterocycles. The SMILES string of the molecule is CCCCCCCC/C=C\C(OCC)OCC. The molecule has 0 aromatic carbocycles. The lowest BCUT2D eigenvalue weighted by Crippen LogP contribution is -2.14. The third kappa shape index (κ3) is 11.9. The van der Waals surface area contributed by atoms with E-state index >= 15 is 0 Å². The van der Waals surface area contributed by atoms with Crippen LogP contribution in [0.15, 0.2) is 12.2 Å². The fourth-order valence-corrected chi connectivity index (χ4v) is 1.74. The molecule has 0 N–H and O–H groups in total. The summed E-state index contributed by atoms with van der Waals surface area (Å²) < 4.78 is 10.9. The topological polar surface area (TPSA) is 18.5 Å². The van der Waals surface area contributed by atoms with Crippen molar-refractivity contribution in [3.05, 3.63) is 12.2 Å². The average molecular weight is 242 g/mol. The second-order valence-corrected chi connectivity index (χ2v) is 4.26. The van der Waals surface area contributed by atoms with Crippen molar-refractivity contribution in [2.75, 3.05) is 13.2 Å². The maximum atomic E-state index is 5.43. The predicted molar refractivity (Wildman–Crippen MR) is 74.2 cm³/mol. The van der Waals surface area contributed by atoms with Crippen LogP contribution in [0.4, 0.5) is 0 Å². The van der Waals surface area contributed by atoms with Gasteiger partial charge in [0, 0.05) is 13.2 Å². The third-order valence-corrected chi connectivity index (χ3v) is 2.68. The van der Waals surface area contributed by atoms with Crippen molar-refractivity contribution >= 4 is 0 Å². The predicted octanol–water partition coefficient (Wildman–Crippen LogP) is 4.69. The summed E-state index contributed by atoms with van der Waals surface area (Å²) in [5.74, 6) is 0. The van der Waals surface area contributed by atoms with E-state index in [1.54, 1.807) is 0 Å². The van der Waals surface area contributed by atoms with Crippen LogP contribution >= 0.6 is 0 Å². The zero-order valence-electron chi connectivity index (χ0n) is 11.9. The van der Waals surface area contributed by atoms with Gasteiger partial charge in [0.25, 0.3) is 0 Å². The largest absolute Gasteiger partial charge is 0.349 e. The van der Waals surface area contributed by atoms with Gasteiger partial charge in [-0.2, -0.15) is 0 Å². The van der Waals surface area contributed by atoms with Crippen molar-refractivity contribution in [2.24, 2.45) is 0 Å². The summed E-state index contributed by atoms with van der Waals surface area (Å²) in [6.07, 6.45) is 13.3. The molecule has 0 aromatic rings. The van der Waals surface area contributed by atoms with Crippen LogP contribution < -0.4 is 0 Å². The minimum atomic E-state index is -0.148. The van der Waals surface area contributed by atoms with E-state index in [4.69, 9.17) is 9.47 Å².